The summed E-state index contributed by atoms with van der Waals surface area (Å²) in [6.45, 7) is 4.33. The minimum Gasteiger partial charge on any atom is -0.458 e. The van der Waals surface area contributed by atoms with Crippen LogP contribution in [0.5, 0.6) is 0 Å². The third-order valence-corrected chi connectivity index (χ3v) is 8.86. The van der Waals surface area contributed by atoms with Crippen LogP contribution in [0.15, 0.2) is 0 Å². The molecule has 0 amide bonds. The Hall–Kier alpha value is -0.980. The molecule has 0 aliphatic heterocycles. The minimum absolute atomic E-state index is 0.0529. The van der Waals surface area contributed by atoms with Gasteiger partial charge in [-0.2, -0.15) is 0 Å². The van der Waals surface area contributed by atoms with Gasteiger partial charge < -0.3 is 20.1 Å². The Bertz CT molecular complexity index is 851. The van der Waals surface area contributed by atoms with Gasteiger partial charge in [0.2, 0.25) is 5.78 Å². The largest absolute Gasteiger partial charge is 0.458 e. The zero-order valence-corrected chi connectivity index (χ0v) is 17.5. The highest BCUT2D eigenvalue weighted by atomic mass is 16.5. The Morgan fingerprint density at radius 3 is 2.59 bits per heavy atom. The lowest BCUT2D eigenvalue weighted by Gasteiger charge is -2.62. The van der Waals surface area contributed by atoms with E-state index in [0.29, 0.717) is 19.3 Å². The van der Waals surface area contributed by atoms with E-state index in [4.69, 9.17) is 10.2 Å². The first-order chi connectivity index (χ1) is 15.0. The maximum atomic E-state index is 13.0. The highest BCUT2D eigenvalue weighted by Gasteiger charge is 2.68. The van der Waals surface area contributed by atoms with Crippen LogP contribution in [-0.2, 0) is 14.3 Å². The van der Waals surface area contributed by atoms with Gasteiger partial charge in [0.25, 0.3) is 0 Å². The highest BCUT2D eigenvalue weighted by Crippen LogP contribution is 2.68. The van der Waals surface area contributed by atoms with Gasteiger partial charge in [-0.25, -0.2) is 0 Å². The number of fused-ring (bicyclic) bond motifs is 5. The molecule has 6 heteroatoms. The minimum atomic E-state index is -2.13. The fraction of sp³-hybridized carbons (Fsp3) is 0.913. The SMILES string of the molecule is [2H]C1([2H])C[C@]2(C)[C@@H]3[C@@H](CC[C@@H]2C([2H])([2H])[C@@H]1O)[C@@H]1CC[C@](O)(C(=O)COC(C)=O)[C@@]1(C)C[C@@H]3O. The third kappa shape index (κ3) is 3.01. The van der Waals surface area contributed by atoms with E-state index in [0.717, 1.165) is 0 Å². The molecule has 29 heavy (non-hydrogen) atoms. The molecule has 9 atom stereocenters. The molecule has 0 bridgehead atoms. The fourth-order valence-corrected chi connectivity index (χ4v) is 7.43. The van der Waals surface area contributed by atoms with Crippen molar-refractivity contribution in [2.45, 2.75) is 89.9 Å². The van der Waals surface area contributed by atoms with E-state index in [2.05, 4.69) is 0 Å². The van der Waals surface area contributed by atoms with Crippen molar-refractivity contribution in [2.75, 3.05) is 6.61 Å². The topological polar surface area (TPSA) is 104 Å². The van der Waals surface area contributed by atoms with Gasteiger partial charge in [-0.15, -0.1) is 0 Å². The number of Topliss-reactive ketones (excluding diaryl/α,β-unsaturated/α-hetero) is 1. The first-order valence-corrected chi connectivity index (χ1v) is 10.8. The molecule has 0 saturated heterocycles. The molecule has 4 saturated carbocycles. The summed E-state index contributed by atoms with van der Waals surface area (Å²) in [4.78, 5) is 24.2. The molecular formula is C23H36O6. The number of rotatable bonds is 3. The van der Waals surface area contributed by atoms with Gasteiger partial charge in [-0.3, -0.25) is 9.59 Å². The number of ketones is 1. The maximum absolute atomic E-state index is 13.0. The summed E-state index contributed by atoms with van der Waals surface area (Å²) in [5.41, 5.74) is -3.54. The number of aliphatic hydroxyl groups is 3. The molecular weight excluding hydrogens is 372 g/mol. The molecule has 3 N–H and O–H groups in total. The zero-order chi connectivity index (χ0) is 24.8. The molecule has 4 aliphatic rings. The Morgan fingerprint density at radius 2 is 1.90 bits per heavy atom. The summed E-state index contributed by atoms with van der Waals surface area (Å²) in [6.07, 6.45) is -5.12. The van der Waals surface area contributed by atoms with Crippen LogP contribution < -0.4 is 0 Å². The van der Waals surface area contributed by atoms with Gasteiger partial charge in [0, 0.05) is 17.8 Å². The Kier molecular flexibility index (Phi) is 4.04. The zero-order valence-electron chi connectivity index (χ0n) is 21.5. The number of carbonyl (C=O) groups is 2. The lowest BCUT2D eigenvalue weighted by molar-refractivity contribution is -0.203. The molecule has 0 aromatic carbocycles. The number of esters is 1. The van der Waals surface area contributed by atoms with Gasteiger partial charge >= 0.3 is 5.97 Å². The fourth-order valence-electron chi connectivity index (χ4n) is 7.43. The number of hydrogen-bond acceptors (Lipinski definition) is 6. The highest BCUT2D eigenvalue weighted by molar-refractivity contribution is 5.90. The lowest BCUT2D eigenvalue weighted by Crippen LogP contribution is -2.63. The maximum Gasteiger partial charge on any atom is 0.303 e. The predicted octanol–water partition coefficient (Wildman–Crippen LogP) is 2.22. The Morgan fingerprint density at radius 1 is 1.17 bits per heavy atom. The Labute approximate surface area is 178 Å². The summed E-state index contributed by atoms with van der Waals surface area (Å²) in [5, 5.41) is 33.4. The van der Waals surface area contributed by atoms with Crippen LogP contribution in [0.3, 0.4) is 0 Å². The Balaban J connectivity index is 1.69. The smallest absolute Gasteiger partial charge is 0.303 e. The van der Waals surface area contributed by atoms with Crippen LogP contribution in [0, 0.1) is 34.5 Å². The van der Waals surface area contributed by atoms with Crippen molar-refractivity contribution in [3.05, 3.63) is 0 Å². The number of hydrogen-bond donors (Lipinski definition) is 3. The van der Waals surface area contributed by atoms with Crippen LogP contribution in [0.4, 0.5) is 0 Å². The van der Waals surface area contributed by atoms with E-state index in [1.165, 1.54) is 6.92 Å². The molecule has 4 fully saturated rings. The third-order valence-electron chi connectivity index (χ3n) is 8.86. The molecule has 0 heterocycles. The first kappa shape index (κ1) is 16.7. The monoisotopic (exact) mass is 412 g/mol. The van der Waals surface area contributed by atoms with Crippen molar-refractivity contribution < 1.29 is 35.1 Å². The van der Waals surface area contributed by atoms with E-state index in [1.54, 1.807) is 0 Å². The first-order valence-electron chi connectivity index (χ1n) is 12.8. The number of carbonyl (C=O) groups excluding carboxylic acids is 2. The van der Waals surface area contributed by atoms with Crippen molar-refractivity contribution in [1.29, 1.82) is 0 Å². The van der Waals surface area contributed by atoms with Crippen molar-refractivity contribution >= 4 is 11.8 Å². The molecule has 0 unspecified atom stereocenters. The van der Waals surface area contributed by atoms with Crippen LogP contribution >= 0.6 is 0 Å². The van der Waals surface area contributed by atoms with E-state index < -0.39 is 71.6 Å². The van der Waals surface area contributed by atoms with Crippen LogP contribution in [-0.4, -0.2) is 51.5 Å². The summed E-state index contributed by atoms with van der Waals surface area (Å²) in [5.74, 6) is -2.41. The normalized spacial score (nSPS) is 57.0. The van der Waals surface area contributed by atoms with E-state index in [9.17, 15) is 24.9 Å². The predicted molar refractivity (Wildman–Crippen MR) is 106 cm³/mol. The van der Waals surface area contributed by atoms with Crippen molar-refractivity contribution in [1.82, 2.24) is 0 Å². The second-order valence-electron chi connectivity index (χ2n) is 10.2. The van der Waals surface area contributed by atoms with E-state index in [1.807, 2.05) is 13.8 Å². The molecule has 4 rings (SSSR count). The second-order valence-corrected chi connectivity index (χ2v) is 10.2. The summed E-state index contributed by atoms with van der Waals surface area (Å²) in [6, 6.07) is 0. The summed E-state index contributed by atoms with van der Waals surface area (Å²) >= 11 is 0. The second kappa shape index (κ2) is 7.03. The summed E-state index contributed by atoms with van der Waals surface area (Å²) < 4.78 is 38.7. The van der Waals surface area contributed by atoms with Crippen LogP contribution in [0.1, 0.15) is 77.5 Å². The van der Waals surface area contributed by atoms with Crippen molar-refractivity contribution in [3.8, 4) is 0 Å². The van der Waals surface area contributed by atoms with Crippen LogP contribution in [0.25, 0.3) is 0 Å². The number of ether oxygens (including phenoxy) is 1. The molecule has 0 aromatic rings. The van der Waals surface area contributed by atoms with Gasteiger partial charge in [0.1, 0.15) is 5.60 Å². The van der Waals surface area contributed by atoms with Gasteiger partial charge in [-0.05, 0) is 80.4 Å². The molecule has 0 radical (unpaired) electrons. The van der Waals surface area contributed by atoms with Gasteiger partial charge in [-0.1, -0.05) is 13.8 Å². The van der Waals surface area contributed by atoms with Gasteiger partial charge in [0.05, 0.1) is 12.2 Å². The molecule has 164 valence electrons. The van der Waals surface area contributed by atoms with E-state index in [-0.39, 0.29) is 31.1 Å². The van der Waals surface area contributed by atoms with Gasteiger partial charge in [0.15, 0.2) is 6.61 Å². The molecule has 4 aliphatic carbocycles. The summed E-state index contributed by atoms with van der Waals surface area (Å²) in [7, 11) is 0. The van der Waals surface area contributed by atoms with Crippen molar-refractivity contribution in [3.63, 3.8) is 0 Å². The molecule has 0 aromatic heterocycles. The molecule has 6 nitrogen and oxygen atoms in total. The number of aliphatic hydroxyl groups excluding tert-OH is 2. The van der Waals surface area contributed by atoms with Crippen molar-refractivity contribution in [2.24, 2.45) is 34.5 Å². The lowest BCUT2D eigenvalue weighted by atomic mass is 9.43. The van der Waals surface area contributed by atoms with E-state index >= 15 is 0 Å². The average Bonchev–Trinajstić information content (AvgIpc) is 2.95. The molecule has 0 spiro atoms. The average molecular weight is 413 g/mol. The quantitative estimate of drug-likeness (QED) is 0.614. The standard InChI is InChI=1S/C23H36O6/c1-13(24)29-12-19(27)23(28)9-7-17-16-5-4-14-10-15(25)6-8-21(14,2)20(16)18(26)11-22(17,23)3/h14-18,20,25-26,28H,4-12H2,1-3H3/t14-,15-,16+,17+,18+,20-,21+,22+,23+/m1/s1/i6D2,10D2. The van der Waals surface area contributed by atoms with Crippen LogP contribution in [0.2, 0.25) is 0 Å².